The first kappa shape index (κ1) is 15.7. The lowest BCUT2D eigenvalue weighted by Crippen LogP contribution is -2.40. The van der Waals surface area contributed by atoms with Gasteiger partial charge >= 0.3 is 0 Å². The summed E-state index contributed by atoms with van der Waals surface area (Å²) >= 11 is 6.23. The van der Waals surface area contributed by atoms with Gasteiger partial charge in [-0.25, -0.2) is 4.39 Å². The molecule has 0 aromatic heterocycles. The summed E-state index contributed by atoms with van der Waals surface area (Å²) in [5, 5.41) is 13.4. The predicted octanol–water partition coefficient (Wildman–Crippen LogP) is 3.40. The van der Waals surface area contributed by atoms with E-state index in [-0.39, 0.29) is 17.0 Å². The summed E-state index contributed by atoms with van der Waals surface area (Å²) in [6, 6.07) is 2.60. The van der Waals surface area contributed by atoms with Crippen LogP contribution in [0.25, 0.3) is 0 Å². The van der Waals surface area contributed by atoms with Gasteiger partial charge in [-0.1, -0.05) is 19.3 Å². The first-order valence-electron chi connectivity index (χ1n) is 6.88. The average molecular weight is 315 g/mol. The van der Waals surface area contributed by atoms with E-state index in [0.717, 1.165) is 50.3 Å². The summed E-state index contributed by atoms with van der Waals surface area (Å²) in [7, 11) is 0. The van der Waals surface area contributed by atoms with E-state index in [2.05, 4.69) is 5.32 Å². The molecule has 1 N–H and O–H groups in total. The molecule has 1 saturated carbocycles. The van der Waals surface area contributed by atoms with Crippen LogP contribution in [0.5, 0.6) is 0 Å². The molecule has 1 aromatic rings. The molecule has 114 valence electrons. The minimum absolute atomic E-state index is 0.205. The van der Waals surface area contributed by atoms with E-state index < -0.39 is 22.3 Å². The third kappa shape index (κ3) is 3.91. The fourth-order valence-electron chi connectivity index (χ4n) is 2.52. The average Bonchev–Trinajstić information content (AvgIpc) is 2.63. The highest BCUT2D eigenvalue weighted by atomic mass is 35.5. The number of alkyl halides is 1. The van der Waals surface area contributed by atoms with E-state index in [4.69, 9.17) is 11.6 Å². The minimum atomic E-state index is -0.695. The molecule has 21 heavy (non-hydrogen) atoms. The fraction of sp³-hybridized carbons (Fsp3) is 0.500. The van der Waals surface area contributed by atoms with Crippen molar-refractivity contribution >= 4 is 23.2 Å². The summed E-state index contributed by atoms with van der Waals surface area (Å²) < 4.78 is 13.3. The summed E-state index contributed by atoms with van der Waals surface area (Å²) in [6.45, 7) is 0. The fourth-order valence-corrected chi connectivity index (χ4v) is 2.86. The van der Waals surface area contributed by atoms with Crippen LogP contribution in [-0.4, -0.2) is 22.2 Å². The third-order valence-corrected chi connectivity index (χ3v) is 4.17. The number of amides is 1. The first-order chi connectivity index (χ1) is 9.99. The summed E-state index contributed by atoms with van der Waals surface area (Å²) in [5.74, 6) is -1.34. The molecule has 0 spiro atoms. The molecule has 0 radical (unpaired) electrons. The van der Waals surface area contributed by atoms with Gasteiger partial charge in [0.15, 0.2) is 0 Å². The number of benzene rings is 1. The molecule has 0 saturated heterocycles. The van der Waals surface area contributed by atoms with Crippen molar-refractivity contribution in [2.45, 2.75) is 43.5 Å². The van der Waals surface area contributed by atoms with Gasteiger partial charge < -0.3 is 5.32 Å². The number of rotatable bonds is 3. The largest absolute Gasteiger partial charge is 0.348 e. The van der Waals surface area contributed by atoms with Crippen LogP contribution in [0.15, 0.2) is 18.2 Å². The van der Waals surface area contributed by atoms with Gasteiger partial charge in [0.05, 0.1) is 10.3 Å². The van der Waals surface area contributed by atoms with Gasteiger partial charge in [0, 0.05) is 12.1 Å². The highest BCUT2D eigenvalue weighted by molar-refractivity contribution is 6.21. The molecule has 2 unspecified atom stereocenters. The predicted molar refractivity (Wildman–Crippen MR) is 77.0 cm³/mol. The maximum absolute atomic E-state index is 13.3. The van der Waals surface area contributed by atoms with E-state index >= 15 is 0 Å². The Labute approximate surface area is 126 Å². The number of carbonyl (C=O) groups excluding carboxylic acids is 1. The Bertz CT molecular complexity index is 553. The number of nitrogens with one attached hydrogen (secondary N) is 1. The highest BCUT2D eigenvalue weighted by Crippen LogP contribution is 2.24. The Kier molecular flexibility index (Phi) is 5.12. The zero-order valence-electron chi connectivity index (χ0n) is 11.4. The molecule has 5 nitrogen and oxygen atoms in total. The maximum Gasteiger partial charge on any atom is 0.282 e. The number of nitro benzene ring substituents is 1. The molecule has 1 aromatic carbocycles. The van der Waals surface area contributed by atoms with Crippen LogP contribution in [0.4, 0.5) is 10.1 Å². The van der Waals surface area contributed by atoms with E-state index in [9.17, 15) is 19.3 Å². The topological polar surface area (TPSA) is 72.2 Å². The number of hydrogen-bond acceptors (Lipinski definition) is 3. The zero-order chi connectivity index (χ0) is 15.4. The quantitative estimate of drug-likeness (QED) is 0.402. The van der Waals surface area contributed by atoms with Gasteiger partial charge in [-0.2, -0.15) is 0 Å². The lowest BCUT2D eigenvalue weighted by molar-refractivity contribution is -0.385. The Morgan fingerprint density at radius 3 is 2.76 bits per heavy atom. The van der Waals surface area contributed by atoms with Crippen LogP contribution in [0, 0.1) is 15.9 Å². The minimum Gasteiger partial charge on any atom is -0.348 e. The maximum atomic E-state index is 13.3. The molecule has 2 rings (SSSR count). The number of halogens is 2. The molecule has 0 bridgehead atoms. The molecule has 0 aliphatic heterocycles. The summed E-state index contributed by atoms with van der Waals surface area (Å²) in [4.78, 5) is 22.4. The monoisotopic (exact) mass is 314 g/mol. The van der Waals surface area contributed by atoms with Crippen molar-refractivity contribution in [3.63, 3.8) is 0 Å². The number of carbonyl (C=O) groups is 1. The summed E-state index contributed by atoms with van der Waals surface area (Å²) in [5.41, 5.74) is -0.679. The molecule has 1 amide bonds. The smallest absolute Gasteiger partial charge is 0.282 e. The van der Waals surface area contributed by atoms with Gasteiger partial charge in [0.2, 0.25) is 0 Å². The lowest BCUT2D eigenvalue weighted by Gasteiger charge is -2.21. The first-order valence-corrected chi connectivity index (χ1v) is 7.31. The Morgan fingerprint density at radius 1 is 1.33 bits per heavy atom. The van der Waals surface area contributed by atoms with Crippen molar-refractivity contribution in [3.05, 3.63) is 39.7 Å². The van der Waals surface area contributed by atoms with Gasteiger partial charge in [0.1, 0.15) is 11.4 Å². The van der Waals surface area contributed by atoms with Crippen LogP contribution < -0.4 is 5.32 Å². The van der Waals surface area contributed by atoms with Crippen molar-refractivity contribution in [1.29, 1.82) is 0 Å². The van der Waals surface area contributed by atoms with E-state index in [0.29, 0.717) is 0 Å². The third-order valence-electron chi connectivity index (χ3n) is 3.65. The van der Waals surface area contributed by atoms with E-state index in [1.54, 1.807) is 0 Å². The van der Waals surface area contributed by atoms with Crippen molar-refractivity contribution in [2.24, 2.45) is 0 Å². The van der Waals surface area contributed by atoms with E-state index in [1.165, 1.54) is 0 Å². The summed E-state index contributed by atoms with van der Waals surface area (Å²) in [6.07, 6.45) is 4.51. The van der Waals surface area contributed by atoms with Crippen molar-refractivity contribution in [3.8, 4) is 0 Å². The molecular weight excluding hydrogens is 299 g/mol. The van der Waals surface area contributed by atoms with Crippen LogP contribution in [-0.2, 0) is 0 Å². The number of nitrogens with zero attached hydrogens (tertiary/aromatic N) is 1. The van der Waals surface area contributed by atoms with Crippen molar-refractivity contribution in [1.82, 2.24) is 5.32 Å². The van der Waals surface area contributed by atoms with Gasteiger partial charge in [-0.3, -0.25) is 14.9 Å². The van der Waals surface area contributed by atoms with Gasteiger partial charge in [-0.05, 0) is 25.0 Å². The number of hydrogen-bond donors (Lipinski definition) is 1. The second-order valence-electron chi connectivity index (χ2n) is 5.15. The molecule has 2 atom stereocenters. The second kappa shape index (κ2) is 6.85. The molecule has 1 aliphatic rings. The van der Waals surface area contributed by atoms with Crippen LogP contribution >= 0.6 is 11.6 Å². The van der Waals surface area contributed by atoms with Crippen LogP contribution in [0.2, 0.25) is 0 Å². The lowest BCUT2D eigenvalue weighted by atomic mass is 10.1. The SMILES string of the molecule is O=C(NC1CCCCCC1Cl)c1cc(F)ccc1[N+](=O)[O-]. The van der Waals surface area contributed by atoms with Crippen LogP contribution in [0.1, 0.15) is 42.5 Å². The molecular formula is C14H16ClFN2O3. The van der Waals surface area contributed by atoms with Crippen LogP contribution in [0.3, 0.4) is 0 Å². The Morgan fingerprint density at radius 2 is 2.05 bits per heavy atom. The van der Waals surface area contributed by atoms with E-state index in [1.807, 2.05) is 0 Å². The number of nitro groups is 1. The standard InChI is InChI=1S/C14H16ClFN2O3/c15-11-4-2-1-3-5-12(11)17-14(19)10-8-9(16)6-7-13(10)18(20)21/h6-8,11-12H,1-5H2,(H,17,19). The zero-order valence-corrected chi connectivity index (χ0v) is 12.1. The Hall–Kier alpha value is -1.69. The molecule has 1 aliphatic carbocycles. The van der Waals surface area contributed by atoms with Crippen molar-refractivity contribution in [2.75, 3.05) is 0 Å². The highest BCUT2D eigenvalue weighted by Gasteiger charge is 2.27. The molecule has 0 heterocycles. The molecule has 7 heteroatoms. The normalized spacial score (nSPS) is 22.4. The molecule has 1 fully saturated rings. The second-order valence-corrected chi connectivity index (χ2v) is 5.71. The van der Waals surface area contributed by atoms with Crippen molar-refractivity contribution < 1.29 is 14.1 Å². The van der Waals surface area contributed by atoms with Gasteiger partial charge in [0.25, 0.3) is 11.6 Å². The van der Waals surface area contributed by atoms with Gasteiger partial charge in [-0.15, -0.1) is 11.6 Å². The Balaban J connectivity index is 2.19.